The minimum Gasteiger partial charge on any atom is -0.465 e. The number of Topliss-reactive ketones (excluding diaryl/α,β-unsaturated/α-hetero) is 1. The van der Waals surface area contributed by atoms with Gasteiger partial charge in [0.25, 0.3) is 0 Å². The van der Waals surface area contributed by atoms with E-state index in [2.05, 4.69) is 0 Å². The summed E-state index contributed by atoms with van der Waals surface area (Å²) in [7, 11) is 0. The molecular formula is C18H20O5. The Morgan fingerprint density at radius 1 is 1.30 bits per heavy atom. The molecule has 3 rings (SSSR count). The van der Waals surface area contributed by atoms with Crippen molar-refractivity contribution in [3.63, 3.8) is 0 Å². The summed E-state index contributed by atoms with van der Waals surface area (Å²) >= 11 is 0. The van der Waals surface area contributed by atoms with Gasteiger partial charge >= 0.3 is 11.9 Å². The zero-order valence-electron chi connectivity index (χ0n) is 13.5. The fourth-order valence-electron chi connectivity index (χ4n) is 3.89. The van der Waals surface area contributed by atoms with Gasteiger partial charge in [0.05, 0.1) is 6.61 Å². The normalized spacial score (nSPS) is 28.4. The van der Waals surface area contributed by atoms with Crippen LogP contribution in [0.3, 0.4) is 0 Å². The Kier molecular flexibility index (Phi) is 3.74. The average molecular weight is 316 g/mol. The van der Waals surface area contributed by atoms with Crippen LogP contribution in [0.4, 0.5) is 0 Å². The Hall–Kier alpha value is -2.17. The summed E-state index contributed by atoms with van der Waals surface area (Å²) in [6, 6.07) is 7.42. The third kappa shape index (κ3) is 2.44. The Morgan fingerprint density at radius 3 is 2.65 bits per heavy atom. The molecule has 23 heavy (non-hydrogen) atoms. The number of hydrogen-bond acceptors (Lipinski definition) is 5. The summed E-state index contributed by atoms with van der Waals surface area (Å²) < 4.78 is 10.4. The van der Waals surface area contributed by atoms with E-state index in [1.54, 1.807) is 26.8 Å². The molecule has 1 aliphatic carbocycles. The molecule has 1 fully saturated rings. The molecule has 122 valence electrons. The standard InChI is InChI=1S/C18H20O5/c1-4-22-16(20)13-14(18(2,3)23-17(13)21)12-9-10-7-5-6-8-11(10)15(12)19/h5-8,12-14H,4,9H2,1-3H3/t12-,13-,14+/m0/s1. The number of ether oxygens (including phenoxy) is 2. The van der Waals surface area contributed by atoms with Gasteiger partial charge in [-0.2, -0.15) is 0 Å². The average Bonchev–Trinajstić information content (AvgIpc) is 2.93. The van der Waals surface area contributed by atoms with Crippen LogP contribution >= 0.6 is 0 Å². The molecule has 0 saturated carbocycles. The van der Waals surface area contributed by atoms with Crippen molar-refractivity contribution in [2.45, 2.75) is 32.8 Å². The van der Waals surface area contributed by atoms with E-state index in [9.17, 15) is 14.4 Å². The van der Waals surface area contributed by atoms with Crippen molar-refractivity contribution >= 4 is 17.7 Å². The van der Waals surface area contributed by atoms with Gasteiger partial charge in [-0.05, 0) is 32.8 Å². The predicted octanol–water partition coefficient (Wildman–Crippen LogP) is 2.17. The lowest BCUT2D eigenvalue weighted by atomic mass is 9.72. The second kappa shape index (κ2) is 5.48. The van der Waals surface area contributed by atoms with E-state index in [0.29, 0.717) is 12.0 Å². The van der Waals surface area contributed by atoms with E-state index in [4.69, 9.17) is 9.47 Å². The van der Waals surface area contributed by atoms with Gasteiger partial charge in [-0.15, -0.1) is 0 Å². The molecule has 5 heteroatoms. The number of rotatable bonds is 3. The summed E-state index contributed by atoms with van der Waals surface area (Å²) in [5.74, 6) is -3.21. The maximum Gasteiger partial charge on any atom is 0.321 e. The van der Waals surface area contributed by atoms with Crippen LogP contribution in [0.25, 0.3) is 0 Å². The summed E-state index contributed by atoms with van der Waals surface area (Å²) in [6.07, 6.45) is 0.523. The fourth-order valence-corrected chi connectivity index (χ4v) is 3.89. The third-order valence-electron chi connectivity index (χ3n) is 4.81. The van der Waals surface area contributed by atoms with Crippen LogP contribution in [0.2, 0.25) is 0 Å². The van der Waals surface area contributed by atoms with Crippen LogP contribution in [0.15, 0.2) is 24.3 Å². The topological polar surface area (TPSA) is 69.7 Å². The Bertz CT molecular complexity index is 676. The van der Waals surface area contributed by atoms with Gasteiger partial charge in [0.15, 0.2) is 11.7 Å². The monoisotopic (exact) mass is 316 g/mol. The van der Waals surface area contributed by atoms with Crippen LogP contribution in [0, 0.1) is 17.8 Å². The van der Waals surface area contributed by atoms with Crippen LogP contribution in [0.1, 0.15) is 36.7 Å². The number of fused-ring (bicyclic) bond motifs is 1. The predicted molar refractivity (Wildman–Crippen MR) is 81.8 cm³/mol. The molecule has 1 heterocycles. The van der Waals surface area contributed by atoms with Gasteiger partial charge < -0.3 is 9.47 Å². The summed E-state index contributed by atoms with van der Waals surface area (Å²) in [4.78, 5) is 37.3. The van der Waals surface area contributed by atoms with E-state index in [1.807, 2.05) is 18.2 Å². The molecule has 0 unspecified atom stereocenters. The number of carbonyl (C=O) groups excluding carboxylic acids is 3. The SMILES string of the molecule is CCOC(=O)[C@H]1C(=O)OC(C)(C)[C@@H]1[C@@H]1Cc2ccccc2C1=O. The number of cyclic esters (lactones) is 1. The highest BCUT2D eigenvalue weighted by Gasteiger charge is 2.59. The molecule has 1 aliphatic heterocycles. The summed E-state index contributed by atoms with van der Waals surface area (Å²) in [6.45, 7) is 5.39. The van der Waals surface area contributed by atoms with Gasteiger partial charge in [0, 0.05) is 17.4 Å². The van der Waals surface area contributed by atoms with Gasteiger partial charge in [-0.1, -0.05) is 24.3 Å². The number of ketones is 1. The molecule has 0 bridgehead atoms. The van der Waals surface area contributed by atoms with Crippen LogP contribution in [0.5, 0.6) is 0 Å². The lowest BCUT2D eigenvalue weighted by Crippen LogP contribution is -2.41. The molecule has 1 aromatic carbocycles. The van der Waals surface area contributed by atoms with Gasteiger partial charge in [0.2, 0.25) is 0 Å². The van der Waals surface area contributed by atoms with Crippen molar-refractivity contribution in [2.75, 3.05) is 6.61 Å². The van der Waals surface area contributed by atoms with Gasteiger partial charge in [-0.3, -0.25) is 14.4 Å². The molecule has 0 spiro atoms. The molecule has 0 radical (unpaired) electrons. The molecule has 2 aliphatic rings. The Labute approximate surface area is 135 Å². The highest BCUT2D eigenvalue weighted by atomic mass is 16.6. The second-order valence-electron chi connectivity index (χ2n) is 6.61. The molecule has 5 nitrogen and oxygen atoms in total. The minimum absolute atomic E-state index is 0.0220. The van der Waals surface area contributed by atoms with E-state index >= 15 is 0 Å². The zero-order chi connectivity index (χ0) is 16.8. The fraction of sp³-hybridized carbons (Fsp3) is 0.500. The van der Waals surface area contributed by atoms with Crippen molar-refractivity contribution in [3.8, 4) is 0 Å². The first-order valence-corrected chi connectivity index (χ1v) is 7.88. The number of hydrogen-bond donors (Lipinski definition) is 0. The highest BCUT2D eigenvalue weighted by molar-refractivity contribution is 6.04. The number of carbonyl (C=O) groups is 3. The van der Waals surface area contributed by atoms with E-state index in [1.165, 1.54) is 0 Å². The van der Waals surface area contributed by atoms with E-state index in [0.717, 1.165) is 5.56 Å². The van der Waals surface area contributed by atoms with Gasteiger partial charge in [0.1, 0.15) is 5.60 Å². The number of benzene rings is 1. The van der Waals surface area contributed by atoms with Crippen molar-refractivity contribution in [1.82, 2.24) is 0 Å². The van der Waals surface area contributed by atoms with Crippen molar-refractivity contribution in [1.29, 1.82) is 0 Å². The zero-order valence-corrected chi connectivity index (χ0v) is 13.5. The maximum atomic E-state index is 12.8. The smallest absolute Gasteiger partial charge is 0.321 e. The number of esters is 2. The first kappa shape index (κ1) is 15.7. The second-order valence-corrected chi connectivity index (χ2v) is 6.61. The first-order valence-electron chi connectivity index (χ1n) is 7.88. The van der Waals surface area contributed by atoms with Crippen molar-refractivity contribution < 1.29 is 23.9 Å². The Balaban J connectivity index is 1.97. The molecule has 0 aromatic heterocycles. The molecule has 0 N–H and O–H groups in total. The lowest BCUT2D eigenvalue weighted by Gasteiger charge is -2.30. The summed E-state index contributed by atoms with van der Waals surface area (Å²) in [5, 5.41) is 0. The Morgan fingerprint density at radius 2 is 2.00 bits per heavy atom. The van der Waals surface area contributed by atoms with Crippen LogP contribution in [-0.2, 0) is 25.5 Å². The third-order valence-corrected chi connectivity index (χ3v) is 4.81. The van der Waals surface area contributed by atoms with E-state index in [-0.39, 0.29) is 12.4 Å². The van der Waals surface area contributed by atoms with Crippen molar-refractivity contribution in [3.05, 3.63) is 35.4 Å². The highest BCUT2D eigenvalue weighted by Crippen LogP contribution is 2.46. The lowest BCUT2D eigenvalue weighted by molar-refractivity contribution is -0.157. The molecule has 3 atom stereocenters. The summed E-state index contributed by atoms with van der Waals surface area (Å²) in [5.41, 5.74) is 0.757. The van der Waals surface area contributed by atoms with Gasteiger partial charge in [-0.25, -0.2) is 0 Å². The maximum absolute atomic E-state index is 12.8. The minimum atomic E-state index is -1.03. The van der Waals surface area contributed by atoms with Crippen molar-refractivity contribution in [2.24, 2.45) is 17.8 Å². The van der Waals surface area contributed by atoms with Crippen LogP contribution < -0.4 is 0 Å². The van der Waals surface area contributed by atoms with E-state index < -0.39 is 35.3 Å². The molecule has 0 amide bonds. The molecule has 1 saturated heterocycles. The quantitative estimate of drug-likeness (QED) is 0.631. The first-order chi connectivity index (χ1) is 10.9. The molecule has 1 aromatic rings. The largest absolute Gasteiger partial charge is 0.465 e. The molecular weight excluding hydrogens is 296 g/mol. The van der Waals surface area contributed by atoms with Crippen LogP contribution in [-0.4, -0.2) is 29.9 Å².